The van der Waals surface area contributed by atoms with Crippen LogP contribution in [0.3, 0.4) is 0 Å². The Bertz CT molecular complexity index is 901. The fraction of sp³-hybridized carbons (Fsp3) is 0.652. The molecular formula is C23H33N3O4S. The summed E-state index contributed by atoms with van der Waals surface area (Å²) in [4.78, 5) is 25.8. The summed E-state index contributed by atoms with van der Waals surface area (Å²) in [6, 6.07) is 6.17. The molecule has 0 aromatic heterocycles. The second kappa shape index (κ2) is 9.28. The summed E-state index contributed by atoms with van der Waals surface area (Å²) in [7, 11) is -3.63. The molecule has 2 aliphatic carbocycles. The van der Waals surface area contributed by atoms with Crippen molar-refractivity contribution in [3.8, 4) is 0 Å². The Morgan fingerprint density at radius 3 is 2.26 bits per heavy atom. The Kier molecular flexibility index (Phi) is 6.67. The SMILES string of the molecule is CC(=O)N1CCN(S(=O)(=O)c2ccc(C(=O)NC[C@@H]3C[C@@H]3C3CCCCC3)cc2)CC1. The monoisotopic (exact) mass is 447 g/mol. The van der Waals surface area contributed by atoms with Crippen LogP contribution in [0.25, 0.3) is 0 Å². The van der Waals surface area contributed by atoms with Crippen molar-refractivity contribution in [3.05, 3.63) is 29.8 Å². The summed E-state index contributed by atoms with van der Waals surface area (Å²) < 4.78 is 27.2. The van der Waals surface area contributed by atoms with Crippen molar-refractivity contribution in [2.24, 2.45) is 17.8 Å². The van der Waals surface area contributed by atoms with E-state index in [0.717, 1.165) is 11.8 Å². The highest BCUT2D eigenvalue weighted by atomic mass is 32.2. The molecule has 0 bridgehead atoms. The first-order chi connectivity index (χ1) is 14.9. The van der Waals surface area contributed by atoms with Gasteiger partial charge in [0.1, 0.15) is 0 Å². The van der Waals surface area contributed by atoms with Crippen LogP contribution in [0.2, 0.25) is 0 Å². The minimum Gasteiger partial charge on any atom is -0.352 e. The quantitative estimate of drug-likeness (QED) is 0.726. The molecule has 1 aromatic carbocycles. The predicted octanol–water partition coefficient (Wildman–Crippen LogP) is 2.49. The van der Waals surface area contributed by atoms with Gasteiger partial charge in [0.25, 0.3) is 5.91 Å². The highest BCUT2D eigenvalue weighted by molar-refractivity contribution is 7.89. The van der Waals surface area contributed by atoms with E-state index in [0.29, 0.717) is 31.1 Å². The van der Waals surface area contributed by atoms with Crippen LogP contribution in [-0.2, 0) is 14.8 Å². The summed E-state index contributed by atoms with van der Waals surface area (Å²) in [5, 5.41) is 3.03. The minimum atomic E-state index is -3.63. The van der Waals surface area contributed by atoms with Gasteiger partial charge in [-0.25, -0.2) is 8.42 Å². The second-order valence-corrected chi connectivity index (χ2v) is 11.1. The molecule has 1 aliphatic heterocycles. The lowest BCUT2D eigenvalue weighted by Crippen LogP contribution is -2.49. The number of hydrogen-bond donors (Lipinski definition) is 1. The van der Waals surface area contributed by atoms with E-state index in [2.05, 4.69) is 5.32 Å². The standard InChI is InChI=1S/C23H33N3O4S/c1-17(27)25-11-13-26(14-12-25)31(29,30)21-9-7-19(8-10-21)23(28)24-16-20-15-22(20)18-5-3-2-4-6-18/h7-10,18,20,22H,2-6,11-16H2,1H3,(H,24,28)/t20-,22+/m0/s1. The third kappa shape index (κ3) is 5.12. The number of piperazine rings is 1. The zero-order valence-corrected chi connectivity index (χ0v) is 19.1. The average Bonchev–Trinajstić information content (AvgIpc) is 3.58. The molecular weight excluding hydrogens is 414 g/mol. The van der Waals surface area contributed by atoms with E-state index in [1.165, 1.54) is 61.9 Å². The van der Waals surface area contributed by atoms with Crippen LogP contribution in [0.4, 0.5) is 0 Å². The number of hydrogen-bond acceptors (Lipinski definition) is 4. The van der Waals surface area contributed by atoms with Crippen LogP contribution < -0.4 is 5.32 Å². The van der Waals surface area contributed by atoms with E-state index in [1.54, 1.807) is 17.0 Å². The van der Waals surface area contributed by atoms with Gasteiger partial charge < -0.3 is 10.2 Å². The third-order valence-electron chi connectivity index (χ3n) is 7.20. The lowest BCUT2D eigenvalue weighted by atomic mass is 9.85. The molecule has 2 saturated carbocycles. The zero-order chi connectivity index (χ0) is 22.0. The molecule has 1 N–H and O–H groups in total. The molecule has 1 saturated heterocycles. The fourth-order valence-corrected chi connectivity index (χ4v) is 6.56. The smallest absolute Gasteiger partial charge is 0.251 e. The van der Waals surface area contributed by atoms with Gasteiger partial charge in [-0.1, -0.05) is 32.1 Å². The summed E-state index contributed by atoms with van der Waals surface area (Å²) >= 11 is 0. The van der Waals surface area contributed by atoms with Gasteiger partial charge in [-0.3, -0.25) is 9.59 Å². The molecule has 3 fully saturated rings. The summed E-state index contributed by atoms with van der Waals surface area (Å²) in [6.45, 7) is 3.57. The number of nitrogens with zero attached hydrogens (tertiary/aromatic N) is 2. The van der Waals surface area contributed by atoms with Crippen molar-refractivity contribution in [1.82, 2.24) is 14.5 Å². The molecule has 7 nitrogen and oxygen atoms in total. The van der Waals surface area contributed by atoms with Crippen LogP contribution >= 0.6 is 0 Å². The molecule has 0 radical (unpaired) electrons. The van der Waals surface area contributed by atoms with Crippen molar-refractivity contribution >= 4 is 21.8 Å². The van der Waals surface area contributed by atoms with Crippen LogP contribution in [0.15, 0.2) is 29.2 Å². The van der Waals surface area contributed by atoms with Gasteiger partial charge in [0.15, 0.2) is 0 Å². The van der Waals surface area contributed by atoms with Gasteiger partial charge in [0.2, 0.25) is 15.9 Å². The number of benzene rings is 1. The Balaban J connectivity index is 1.28. The minimum absolute atomic E-state index is 0.0383. The number of sulfonamides is 1. The lowest BCUT2D eigenvalue weighted by Gasteiger charge is -2.33. The Morgan fingerprint density at radius 2 is 1.65 bits per heavy atom. The van der Waals surface area contributed by atoms with Gasteiger partial charge in [-0.2, -0.15) is 4.31 Å². The van der Waals surface area contributed by atoms with Gasteiger partial charge >= 0.3 is 0 Å². The van der Waals surface area contributed by atoms with Crippen molar-refractivity contribution in [1.29, 1.82) is 0 Å². The van der Waals surface area contributed by atoms with Gasteiger partial charge in [-0.05, 0) is 48.4 Å². The van der Waals surface area contributed by atoms with Gasteiger partial charge in [0, 0.05) is 45.2 Å². The van der Waals surface area contributed by atoms with Gasteiger partial charge in [-0.15, -0.1) is 0 Å². The van der Waals surface area contributed by atoms with E-state index < -0.39 is 10.0 Å². The van der Waals surface area contributed by atoms with E-state index in [4.69, 9.17) is 0 Å². The molecule has 2 atom stereocenters. The van der Waals surface area contributed by atoms with E-state index in [9.17, 15) is 18.0 Å². The summed E-state index contributed by atoms with van der Waals surface area (Å²) in [5.41, 5.74) is 0.482. The van der Waals surface area contributed by atoms with E-state index in [1.807, 2.05) is 0 Å². The van der Waals surface area contributed by atoms with Crippen LogP contribution in [0, 0.1) is 17.8 Å². The van der Waals surface area contributed by atoms with Crippen molar-refractivity contribution in [2.45, 2.75) is 50.3 Å². The molecule has 8 heteroatoms. The number of amides is 2. The van der Waals surface area contributed by atoms with Crippen molar-refractivity contribution < 1.29 is 18.0 Å². The van der Waals surface area contributed by atoms with E-state index >= 15 is 0 Å². The van der Waals surface area contributed by atoms with Crippen molar-refractivity contribution in [2.75, 3.05) is 32.7 Å². The largest absolute Gasteiger partial charge is 0.352 e. The summed E-state index contributed by atoms with van der Waals surface area (Å²) in [5.74, 6) is 2.03. The van der Waals surface area contributed by atoms with E-state index in [-0.39, 0.29) is 29.8 Å². The maximum atomic E-state index is 12.9. The first-order valence-corrected chi connectivity index (χ1v) is 12.9. The summed E-state index contributed by atoms with van der Waals surface area (Å²) in [6.07, 6.45) is 7.97. The molecule has 0 spiro atoms. The number of nitrogens with one attached hydrogen (secondary N) is 1. The first kappa shape index (κ1) is 22.3. The normalized spacial score (nSPS) is 25.3. The highest BCUT2D eigenvalue weighted by Crippen LogP contribution is 2.48. The maximum Gasteiger partial charge on any atom is 0.251 e. The second-order valence-electron chi connectivity index (χ2n) is 9.20. The molecule has 2 amide bonds. The Morgan fingerprint density at radius 1 is 1.00 bits per heavy atom. The maximum absolute atomic E-state index is 12.9. The topological polar surface area (TPSA) is 86.8 Å². The zero-order valence-electron chi connectivity index (χ0n) is 18.3. The Labute approximate surface area is 185 Å². The number of rotatable bonds is 6. The van der Waals surface area contributed by atoms with Crippen LogP contribution in [0.5, 0.6) is 0 Å². The number of carbonyl (C=O) groups excluding carboxylic acids is 2. The lowest BCUT2D eigenvalue weighted by molar-refractivity contribution is -0.129. The Hall–Kier alpha value is -1.93. The van der Waals surface area contributed by atoms with Crippen molar-refractivity contribution in [3.63, 3.8) is 0 Å². The third-order valence-corrected chi connectivity index (χ3v) is 9.11. The molecule has 0 unspecified atom stereocenters. The molecule has 1 aromatic rings. The average molecular weight is 448 g/mol. The molecule has 3 aliphatic rings. The highest BCUT2D eigenvalue weighted by Gasteiger charge is 2.42. The molecule has 4 rings (SSSR count). The number of carbonyl (C=O) groups is 2. The predicted molar refractivity (Wildman–Crippen MR) is 118 cm³/mol. The van der Waals surface area contributed by atoms with Crippen LogP contribution in [0.1, 0.15) is 55.8 Å². The van der Waals surface area contributed by atoms with Gasteiger partial charge in [0.05, 0.1) is 4.90 Å². The molecule has 31 heavy (non-hydrogen) atoms. The first-order valence-electron chi connectivity index (χ1n) is 11.5. The molecule has 1 heterocycles. The fourth-order valence-electron chi connectivity index (χ4n) is 5.14. The molecule has 170 valence electrons. The van der Waals surface area contributed by atoms with Crippen LogP contribution in [-0.4, -0.2) is 62.2 Å².